The fourth-order valence-corrected chi connectivity index (χ4v) is 4.94. The van der Waals surface area contributed by atoms with Crippen molar-refractivity contribution >= 4 is 28.4 Å². The number of halogens is 3. The van der Waals surface area contributed by atoms with Gasteiger partial charge in [-0.25, -0.2) is 0 Å². The van der Waals surface area contributed by atoms with Crippen LogP contribution in [-0.2, 0) is 22.3 Å². The Bertz CT molecular complexity index is 1070. The van der Waals surface area contributed by atoms with Crippen molar-refractivity contribution < 1.29 is 22.8 Å². The van der Waals surface area contributed by atoms with Gasteiger partial charge < -0.3 is 10.6 Å². The number of nitrogens with zero attached hydrogens (tertiary/aromatic N) is 3. The van der Waals surface area contributed by atoms with Crippen LogP contribution in [0.4, 0.5) is 19.0 Å². The molecule has 0 spiro atoms. The fraction of sp³-hybridized carbons (Fsp3) is 0.542. The predicted octanol–water partition coefficient (Wildman–Crippen LogP) is 3.60. The molecule has 1 saturated carbocycles. The number of carbonyl (C=O) groups excluding carboxylic acids is 2. The first kappa shape index (κ1) is 24.3. The molecule has 184 valence electrons. The van der Waals surface area contributed by atoms with E-state index in [1.807, 2.05) is 0 Å². The first-order valence-corrected chi connectivity index (χ1v) is 11.6. The number of benzene rings is 1. The van der Waals surface area contributed by atoms with E-state index in [0.717, 1.165) is 50.9 Å². The Balaban J connectivity index is 1.31. The number of allylic oxidation sites excluding steroid dienone is 1. The minimum Gasteiger partial charge on any atom is -0.359 e. The summed E-state index contributed by atoms with van der Waals surface area (Å²) in [5, 5.41) is 10.5. The second-order valence-electron chi connectivity index (χ2n) is 9.24. The summed E-state index contributed by atoms with van der Waals surface area (Å²) >= 11 is 0. The normalized spacial score (nSPS) is 21.8. The molecule has 0 unspecified atom stereocenters. The lowest BCUT2D eigenvalue weighted by Gasteiger charge is -2.46. The van der Waals surface area contributed by atoms with Gasteiger partial charge in [0.15, 0.2) is 5.82 Å². The summed E-state index contributed by atoms with van der Waals surface area (Å²) < 4.78 is 41.1. The summed E-state index contributed by atoms with van der Waals surface area (Å²) in [4.78, 5) is 26.3. The molecule has 7 nitrogen and oxygen atoms in total. The van der Waals surface area contributed by atoms with Gasteiger partial charge in [0.2, 0.25) is 5.91 Å². The van der Waals surface area contributed by atoms with Crippen LogP contribution in [0.15, 0.2) is 30.9 Å². The Morgan fingerprint density at radius 3 is 2.53 bits per heavy atom. The summed E-state index contributed by atoms with van der Waals surface area (Å²) in [7, 11) is 0. The number of amides is 1. The van der Waals surface area contributed by atoms with Crippen molar-refractivity contribution in [2.24, 2.45) is 5.92 Å². The molecule has 1 aliphatic heterocycles. The molecule has 0 bridgehead atoms. The molecule has 2 aromatic rings. The number of likely N-dealkylation sites (tertiary alicyclic amines) is 1. The van der Waals surface area contributed by atoms with Crippen molar-refractivity contribution in [2.75, 3.05) is 25.0 Å². The Kier molecular flexibility index (Phi) is 6.97. The first-order chi connectivity index (χ1) is 16.2. The topological polar surface area (TPSA) is 79.3 Å². The summed E-state index contributed by atoms with van der Waals surface area (Å²) in [6.07, 6.45) is 1.01. The number of anilines is 1. The molecule has 4 rings (SSSR count). The van der Waals surface area contributed by atoms with Gasteiger partial charge in [0, 0.05) is 30.4 Å². The molecule has 2 heterocycles. The molecule has 1 aliphatic carbocycles. The highest BCUT2D eigenvalue weighted by Gasteiger charge is 2.36. The van der Waals surface area contributed by atoms with Gasteiger partial charge in [-0.15, -0.1) is 6.58 Å². The smallest absolute Gasteiger partial charge is 0.359 e. The third-order valence-electron chi connectivity index (χ3n) is 6.86. The van der Waals surface area contributed by atoms with Crippen LogP contribution in [0.25, 0.3) is 10.9 Å². The molecule has 1 aromatic carbocycles. The second-order valence-corrected chi connectivity index (χ2v) is 9.24. The first-order valence-electron chi connectivity index (χ1n) is 11.6. The van der Waals surface area contributed by atoms with E-state index in [-0.39, 0.29) is 36.0 Å². The van der Waals surface area contributed by atoms with E-state index < -0.39 is 11.7 Å². The lowest BCUT2D eigenvalue weighted by molar-refractivity contribution is -0.137. The molecule has 1 amide bonds. The largest absolute Gasteiger partial charge is 0.416 e. The van der Waals surface area contributed by atoms with Gasteiger partial charge in [-0.05, 0) is 50.8 Å². The molecule has 34 heavy (non-hydrogen) atoms. The molecule has 0 radical (unpaired) electrons. The predicted molar refractivity (Wildman–Crippen MR) is 123 cm³/mol. The summed E-state index contributed by atoms with van der Waals surface area (Å²) in [5.74, 6) is 0.465. The number of hydrogen-bond acceptors (Lipinski definition) is 5. The second kappa shape index (κ2) is 9.77. The van der Waals surface area contributed by atoms with Crippen LogP contribution in [-0.4, -0.2) is 58.1 Å². The fourth-order valence-electron chi connectivity index (χ4n) is 4.94. The molecule has 2 fully saturated rings. The van der Waals surface area contributed by atoms with E-state index in [1.165, 1.54) is 6.07 Å². The average molecular weight is 478 g/mol. The van der Waals surface area contributed by atoms with Crippen molar-refractivity contribution in [1.29, 1.82) is 0 Å². The number of rotatable bonds is 8. The van der Waals surface area contributed by atoms with Gasteiger partial charge in [0.1, 0.15) is 5.78 Å². The maximum absolute atomic E-state index is 13.2. The number of fused-ring (bicyclic) bond motifs is 1. The zero-order valence-electron chi connectivity index (χ0n) is 19.2. The average Bonchev–Trinajstić information content (AvgIpc) is 3.11. The number of nitrogens with one attached hydrogen (secondary N) is 2. The van der Waals surface area contributed by atoms with Crippen LogP contribution >= 0.6 is 0 Å². The van der Waals surface area contributed by atoms with Gasteiger partial charge in [-0.2, -0.15) is 18.3 Å². The van der Waals surface area contributed by atoms with Crippen molar-refractivity contribution in [3.05, 3.63) is 36.4 Å². The number of ketones is 1. The SMILES string of the molecule is C=CCn1nc(NCC(=O)NC2CN(C3CCC(C(C)=O)CC3)C2)c2cc(C(F)(F)F)ccc21. The van der Waals surface area contributed by atoms with Crippen LogP contribution in [0.5, 0.6) is 0 Å². The summed E-state index contributed by atoms with van der Waals surface area (Å²) in [6.45, 7) is 7.11. The van der Waals surface area contributed by atoms with Gasteiger partial charge in [-0.3, -0.25) is 19.2 Å². The summed E-state index contributed by atoms with van der Waals surface area (Å²) in [6, 6.07) is 3.96. The Labute approximate surface area is 196 Å². The molecular weight excluding hydrogens is 447 g/mol. The molecule has 2 aliphatic rings. The van der Waals surface area contributed by atoms with Gasteiger partial charge >= 0.3 is 6.18 Å². The van der Waals surface area contributed by atoms with Crippen LogP contribution in [0.1, 0.15) is 38.2 Å². The number of alkyl halides is 3. The Morgan fingerprint density at radius 2 is 1.91 bits per heavy atom. The maximum atomic E-state index is 13.2. The Morgan fingerprint density at radius 1 is 1.21 bits per heavy atom. The minimum absolute atomic E-state index is 0.0479. The summed E-state index contributed by atoms with van der Waals surface area (Å²) in [5.41, 5.74) is -0.234. The lowest BCUT2D eigenvalue weighted by Crippen LogP contribution is -2.63. The number of hydrogen-bond donors (Lipinski definition) is 2. The van der Waals surface area contributed by atoms with Gasteiger partial charge in [-0.1, -0.05) is 6.08 Å². The van der Waals surface area contributed by atoms with E-state index >= 15 is 0 Å². The zero-order valence-corrected chi connectivity index (χ0v) is 19.2. The van der Waals surface area contributed by atoms with Gasteiger partial charge in [0.25, 0.3) is 0 Å². The van der Waals surface area contributed by atoms with Crippen molar-refractivity contribution in [1.82, 2.24) is 20.0 Å². The lowest BCUT2D eigenvalue weighted by atomic mass is 9.82. The van der Waals surface area contributed by atoms with Crippen molar-refractivity contribution in [3.8, 4) is 0 Å². The van der Waals surface area contributed by atoms with Crippen LogP contribution in [0.2, 0.25) is 0 Å². The molecule has 10 heteroatoms. The monoisotopic (exact) mass is 477 g/mol. The standard InChI is InChI=1S/C24H30F3N5O2/c1-3-10-32-21-9-6-17(24(25,26)27)11-20(21)23(30-32)28-12-22(34)29-18-13-31(14-18)19-7-4-16(5-8-19)15(2)33/h3,6,9,11,16,18-19H,1,4-5,7-8,10,12-14H2,2H3,(H,28,30)(H,29,34). The molecule has 1 aromatic heterocycles. The molecule has 2 N–H and O–H groups in total. The van der Waals surface area contributed by atoms with Crippen molar-refractivity contribution in [3.63, 3.8) is 0 Å². The van der Waals surface area contributed by atoms with Gasteiger partial charge in [0.05, 0.1) is 30.2 Å². The quantitative estimate of drug-likeness (QED) is 0.568. The number of Topliss-reactive ketones (excluding diaryl/α,β-unsaturated/α-hetero) is 1. The van der Waals surface area contributed by atoms with Crippen LogP contribution < -0.4 is 10.6 Å². The van der Waals surface area contributed by atoms with E-state index in [9.17, 15) is 22.8 Å². The van der Waals surface area contributed by atoms with E-state index in [4.69, 9.17) is 0 Å². The molecule has 1 saturated heterocycles. The van der Waals surface area contributed by atoms with Crippen LogP contribution in [0.3, 0.4) is 0 Å². The van der Waals surface area contributed by atoms with Crippen molar-refractivity contribution in [2.45, 2.75) is 57.4 Å². The highest BCUT2D eigenvalue weighted by molar-refractivity contribution is 5.92. The Hall–Kier alpha value is -2.88. The van der Waals surface area contributed by atoms with E-state index in [1.54, 1.807) is 17.7 Å². The van der Waals surface area contributed by atoms with Crippen LogP contribution in [0, 0.1) is 5.92 Å². The third kappa shape index (κ3) is 5.27. The minimum atomic E-state index is -4.47. The maximum Gasteiger partial charge on any atom is 0.416 e. The van der Waals surface area contributed by atoms with E-state index in [2.05, 4.69) is 27.2 Å². The number of carbonyl (C=O) groups is 2. The highest BCUT2D eigenvalue weighted by Crippen LogP contribution is 2.34. The van der Waals surface area contributed by atoms with E-state index in [0.29, 0.717) is 23.5 Å². The highest BCUT2D eigenvalue weighted by atomic mass is 19.4. The molecular formula is C24H30F3N5O2. The zero-order chi connectivity index (χ0) is 24.5. The number of aromatic nitrogens is 2. The third-order valence-corrected chi connectivity index (χ3v) is 6.86. The molecule has 0 atom stereocenters.